The summed E-state index contributed by atoms with van der Waals surface area (Å²) in [4.78, 5) is 3.30. The van der Waals surface area contributed by atoms with Gasteiger partial charge in [-0.25, -0.2) is 0 Å². The van der Waals surface area contributed by atoms with Crippen molar-refractivity contribution < 1.29 is 4.74 Å². The van der Waals surface area contributed by atoms with Gasteiger partial charge in [-0.05, 0) is 49.7 Å². The van der Waals surface area contributed by atoms with Crippen molar-refractivity contribution in [2.75, 3.05) is 13.2 Å². The number of aryl methyl sites for hydroxylation is 1. The molecule has 1 fully saturated rings. The topological polar surface area (TPSA) is 29.9 Å². The van der Waals surface area contributed by atoms with E-state index in [9.17, 15) is 0 Å². The van der Waals surface area contributed by atoms with Crippen LogP contribution in [0.3, 0.4) is 0 Å². The van der Waals surface area contributed by atoms with Crippen LogP contribution in [0.4, 0.5) is 0 Å². The van der Waals surface area contributed by atoms with Crippen molar-refractivity contribution in [3.05, 3.63) is 28.5 Å². The largest absolute Gasteiger partial charge is 0.381 e. The number of fused-ring (bicyclic) bond motifs is 1. The lowest BCUT2D eigenvalue weighted by Gasteiger charge is -2.24. The molecule has 1 aromatic carbocycles. The fourth-order valence-corrected chi connectivity index (χ4v) is 2.91. The Morgan fingerprint density at radius 3 is 2.88 bits per heavy atom. The fourth-order valence-electron chi connectivity index (χ4n) is 2.55. The zero-order chi connectivity index (χ0) is 11.8. The van der Waals surface area contributed by atoms with Gasteiger partial charge in [0.25, 0.3) is 0 Å². The lowest BCUT2D eigenvalue weighted by atomic mass is 10.1. The van der Waals surface area contributed by atoms with E-state index in [2.05, 4.69) is 34.7 Å². The minimum Gasteiger partial charge on any atom is -0.381 e. The van der Waals surface area contributed by atoms with Crippen molar-refractivity contribution in [3.63, 3.8) is 0 Å². The summed E-state index contributed by atoms with van der Waals surface area (Å²) in [5.74, 6) is 0. The van der Waals surface area contributed by atoms with Crippen LogP contribution in [0.5, 0.6) is 0 Å². The maximum atomic E-state index is 5.44. The fraction of sp³-hybridized carbons (Fsp3) is 0.462. The Morgan fingerprint density at radius 2 is 2.12 bits per heavy atom. The highest BCUT2D eigenvalue weighted by Gasteiger charge is 2.18. The van der Waals surface area contributed by atoms with Gasteiger partial charge in [-0.15, -0.1) is 0 Å². The van der Waals surface area contributed by atoms with Gasteiger partial charge in [0.15, 0.2) is 4.77 Å². The van der Waals surface area contributed by atoms with E-state index >= 15 is 0 Å². The summed E-state index contributed by atoms with van der Waals surface area (Å²) >= 11 is 5.44. The number of ether oxygens (including phenoxy) is 1. The summed E-state index contributed by atoms with van der Waals surface area (Å²) < 4.78 is 8.50. The number of aromatic amines is 1. The zero-order valence-corrected chi connectivity index (χ0v) is 10.7. The number of hydrogen-bond acceptors (Lipinski definition) is 2. The van der Waals surface area contributed by atoms with Crippen molar-refractivity contribution in [2.45, 2.75) is 25.8 Å². The molecule has 1 aliphatic rings. The lowest BCUT2D eigenvalue weighted by molar-refractivity contribution is 0.0702. The van der Waals surface area contributed by atoms with E-state index in [1.807, 2.05) is 0 Å². The molecule has 1 N–H and O–H groups in total. The number of benzene rings is 1. The van der Waals surface area contributed by atoms with E-state index in [0.717, 1.165) is 36.3 Å². The summed E-state index contributed by atoms with van der Waals surface area (Å²) in [7, 11) is 0. The van der Waals surface area contributed by atoms with Gasteiger partial charge >= 0.3 is 0 Å². The second kappa shape index (κ2) is 4.27. The Kier molecular flexibility index (Phi) is 2.76. The third-order valence-corrected chi connectivity index (χ3v) is 3.73. The van der Waals surface area contributed by atoms with Gasteiger partial charge in [0.1, 0.15) is 0 Å². The first-order chi connectivity index (χ1) is 8.25. The van der Waals surface area contributed by atoms with E-state index in [4.69, 9.17) is 17.0 Å². The average Bonchev–Trinajstić information content (AvgIpc) is 2.65. The van der Waals surface area contributed by atoms with Gasteiger partial charge < -0.3 is 14.3 Å². The summed E-state index contributed by atoms with van der Waals surface area (Å²) in [6, 6.07) is 6.93. The molecule has 2 heterocycles. The van der Waals surface area contributed by atoms with E-state index in [0.29, 0.717) is 6.04 Å². The van der Waals surface area contributed by atoms with Gasteiger partial charge in [0.05, 0.1) is 11.0 Å². The lowest BCUT2D eigenvalue weighted by Crippen LogP contribution is -2.19. The first kappa shape index (κ1) is 11.0. The van der Waals surface area contributed by atoms with Gasteiger partial charge in [-0.3, -0.25) is 0 Å². The van der Waals surface area contributed by atoms with E-state index in [1.165, 1.54) is 11.1 Å². The Balaban J connectivity index is 2.14. The summed E-state index contributed by atoms with van der Waals surface area (Å²) in [5.41, 5.74) is 3.61. The molecule has 0 atom stereocenters. The molecule has 0 spiro atoms. The number of rotatable bonds is 1. The maximum Gasteiger partial charge on any atom is 0.178 e. The third kappa shape index (κ3) is 1.91. The van der Waals surface area contributed by atoms with Crippen LogP contribution in [0, 0.1) is 11.7 Å². The molecule has 0 aliphatic carbocycles. The number of aromatic nitrogens is 2. The molecule has 3 nitrogen and oxygen atoms in total. The minimum absolute atomic E-state index is 0.479. The molecule has 1 aromatic heterocycles. The standard InChI is InChI=1S/C13H16N2OS/c1-9-2-3-12-11(8-9)14-13(17)15(12)10-4-6-16-7-5-10/h2-3,8,10H,4-7H2,1H3,(H,14,17). The van der Waals surface area contributed by atoms with Crippen LogP contribution in [-0.4, -0.2) is 22.8 Å². The molecule has 2 aromatic rings. The number of H-pyrrole nitrogens is 1. The molecule has 0 amide bonds. The predicted octanol–water partition coefficient (Wildman–Crippen LogP) is 3.36. The van der Waals surface area contributed by atoms with Gasteiger partial charge in [-0.2, -0.15) is 0 Å². The number of nitrogens with one attached hydrogen (secondary N) is 1. The minimum atomic E-state index is 0.479. The van der Waals surface area contributed by atoms with Crippen molar-refractivity contribution in [1.29, 1.82) is 0 Å². The normalized spacial score (nSPS) is 17.7. The second-order valence-electron chi connectivity index (χ2n) is 4.66. The molecule has 0 unspecified atom stereocenters. The van der Waals surface area contributed by atoms with Crippen LogP contribution in [0.1, 0.15) is 24.4 Å². The second-order valence-corrected chi connectivity index (χ2v) is 5.05. The van der Waals surface area contributed by atoms with Crippen LogP contribution < -0.4 is 0 Å². The number of nitrogens with zero attached hydrogens (tertiary/aromatic N) is 1. The van der Waals surface area contributed by atoms with Crippen LogP contribution in [0.2, 0.25) is 0 Å². The number of hydrogen-bond donors (Lipinski definition) is 1. The maximum absolute atomic E-state index is 5.44. The monoisotopic (exact) mass is 248 g/mol. The zero-order valence-electron chi connectivity index (χ0n) is 9.90. The summed E-state index contributed by atoms with van der Waals surface area (Å²) in [5, 5.41) is 0. The van der Waals surface area contributed by atoms with Crippen LogP contribution in [0.15, 0.2) is 18.2 Å². The third-order valence-electron chi connectivity index (χ3n) is 3.43. The molecule has 1 aliphatic heterocycles. The Bertz CT molecular complexity index is 593. The molecule has 17 heavy (non-hydrogen) atoms. The molecular weight excluding hydrogens is 232 g/mol. The molecule has 4 heteroatoms. The van der Waals surface area contributed by atoms with Crippen molar-refractivity contribution >= 4 is 23.3 Å². The van der Waals surface area contributed by atoms with Crippen LogP contribution in [0.25, 0.3) is 11.0 Å². The molecule has 1 saturated heterocycles. The predicted molar refractivity (Wildman–Crippen MR) is 70.9 cm³/mol. The quantitative estimate of drug-likeness (QED) is 0.784. The Morgan fingerprint density at radius 1 is 1.35 bits per heavy atom. The van der Waals surface area contributed by atoms with Crippen molar-refractivity contribution in [1.82, 2.24) is 9.55 Å². The smallest absolute Gasteiger partial charge is 0.178 e. The average molecular weight is 248 g/mol. The highest BCUT2D eigenvalue weighted by Crippen LogP contribution is 2.26. The van der Waals surface area contributed by atoms with E-state index < -0.39 is 0 Å². The SMILES string of the molecule is Cc1ccc2c(c1)[nH]c(=S)n2C1CCOCC1. The van der Waals surface area contributed by atoms with E-state index in [1.54, 1.807) is 0 Å². The highest BCUT2D eigenvalue weighted by molar-refractivity contribution is 7.71. The molecule has 0 saturated carbocycles. The highest BCUT2D eigenvalue weighted by atomic mass is 32.1. The molecular formula is C13H16N2OS. The van der Waals surface area contributed by atoms with Gasteiger partial charge in [0, 0.05) is 19.3 Å². The van der Waals surface area contributed by atoms with E-state index in [-0.39, 0.29) is 0 Å². The first-order valence-corrected chi connectivity index (χ1v) is 6.45. The van der Waals surface area contributed by atoms with Crippen LogP contribution >= 0.6 is 12.2 Å². The van der Waals surface area contributed by atoms with Gasteiger partial charge in [0.2, 0.25) is 0 Å². The number of imidazole rings is 1. The summed E-state index contributed by atoms with van der Waals surface area (Å²) in [6.07, 6.45) is 2.10. The first-order valence-electron chi connectivity index (χ1n) is 6.04. The summed E-state index contributed by atoms with van der Waals surface area (Å²) in [6.45, 7) is 3.78. The van der Waals surface area contributed by atoms with Crippen molar-refractivity contribution in [2.24, 2.45) is 0 Å². The van der Waals surface area contributed by atoms with Gasteiger partial charge in [-0.1, -0.05) is 6.07 Å². The van der Waals surface area contributed by atoms with Crippen LogP contribution in [-0.2, 0) is 4.74 Å². The molecule has 0 radical (unpaired) electrons. The molecule has 3 rings (SSSR count). The van der Waals surface area contributed by atoms with Crippen molar-refractivity contribution in [3.8, 4) is 0 Å². The Hall–Kier alpha value is -1.13. The molecule has 0 bridgehead atoms. The Labute approximate surface area is 105 Å². The molecule has 90 valence electrons.